The predicted octanol–water partition coefficient (Wildman–Crippen LogP) is 7.17. The summed E-state index contributed by atoms with van der Waals surface area (Å²) >= 11 is 0. The third-order valence-corrected chi connectivity index (χ3v) is 7.59. The molecule has 1 amide bonds. The molecule has 3 atom stereocenters. The van der Waals surface area contributed by atoms with Crippen molar-refractivity contribution in [2.45, 2.75) is 58.2 Å². The number of allylic oxidation sites excluding steroid dienone is 2. The number of aromatic nitrogens is 1. The molecule has 3 unspecified atom stereocenters. The van der Waals surface area contributed by atoms with Crippen LogP contribution in [0.5, 0.6) is 0 Å². The van der Waals surface area contributed by atoms with Crippen LogP contribution in [0.4, 0.5) is 5.69 Å². The number of fused-ring (bicyclic) bond motifs is 6. The first-order valence-corrected chi connectivity index (χ1v) is 12.7. The van der Waals surface area contributed by atoms with Gasteiger partial charge in [-0.2, -0.15) is 0 Å². The van der Waals surface area contributed by atoms with Crippen LogP contribution in [0.25, 0.3) is 21.8 Å². The predicted molar refractivity (Wildman–Crippen MR) is 145 cm³/mol. The van der Waals surface area contributed by atoms with Gasteiger partial charge in [-0.05, 0) is 87.6 Å². The minimum atomic E-state index is -0.258. The van der Waals surface area contributed by atoms with Gasteiger partial charge in [-0.1, -0.05) is 36.4 Å². The first-order chi connectivity index (χ1) is 16.8. The maximum atomic E-state index is 12.8. The maximum absolute atomic E-state index is 12.8. The highest BCUT2D eigenvalue weighted by Crippen LogP contribution is 2.50. The molecule has 4 heteroatoms. The van der Waals surface area contributed by atoms with E-state index in [-0.39, 0.29) is 17.5 Å². The molecule has 0 bridgehead atoms. The molecule has 0 spiro atoms. The fourth-order valence-corrected chi connectivity index (χ4v) is 6.08. The molecule has 0 radical (unpaired) electrons. The van der Waals surface area contributed by atoms with Gasteiger partial charge in [0, 0.05) is 51.1 Å². The molecule has 0 fully saturated rings. The van der Waals surface area contributed by atoms with Gasteiger partial charge in [-0.25, -0.2) is 0 Å². The third-order valence-electron chi connectivity index (χ3n) is 7.59. The van der Waals surface area contributed by atoms with E-state index in [1.54, 1.807) is 0 Å². The quantitative estimate of drug-likeness (QED) is 0.316. The zero-order chi connectivity index (χ0) is 24.3. The number of carbonyl (C=O) groups excluding carboxylic acids is 1. The van der Waals surface area contributed by atoms with E-state index in [4.69, 9.17) is 0 Å². The summed E-state index contributed by atoms with van der Waals surface area (Å²) in [4.78, 5) is 12.8. The Hall–Kier alpha value is -3.53. The van der Waals surface area contributed by atoms with Gasteiger partial charge in [-0.3, -0.25) is 4.79 Å². The van der Waals surface area contributed by atoms with Crippen LogP contribution in [0.2, 0.25) is 0 Å². The molecule has 1 aromatic heterocycles. The minimum absolute atomic E-state index is 0.0151. The number of anilines is 1. The zero-order valence-corrected chi connectivity index (χ0v) is 20.9. The van der Waals surface area contributed by atoms with E-state index < -0.39 is 0 Å². The number of para-hydroxylation sites is 1. The largest absolute Gasteiger partial charge is 0.378 e. The number of amides is 1. The SMILES string of the molecule is CCn1c2ccccc2c2cc(C3Nc4ccc(C(=O)NC(C)(C)C)cc4C4C=CCC43)ccc21. The lowest BCUT2D eigenvalue weighted by atomic mass is 9.76. The Bertz CT molecular complexity index is 1490. The highest BCUT2D eigenvalue weighted by molar-refractivity contribution is 6.08. The molecule has 2 aliphatic rings. The zero-order valence-electron chi connectivity index (χ0n) is 20.9. The van der Waals surface area contributed by atoms with E-state index in [2.05, 4.69) is 88.9 Å². The van der Waals surface area contributed by atoms with Crippen LogP contribution in [-0.4, -0.2) is 16.0 Å². The Morgan fingerprint density at radius 3 is 2.63 bits per heavy atom. The molecule has 4 aromatic rings. The smallest absolute Gasteiger partial charge is 0.251 e. The van der Waals surface area contributed by atoms with Gasteiger partial charge in [0.25, 0.3) is 5.91 Å². The van der Waals surface area contributed by atoms with Gasteiger partial charge >= 0.3 is 0 Å². The molecular formula is C31H33N3O. The molecule has 6 rings (SSSR count). The van der Waals surface area contributed by atoms with Crippen molar-refractivity contribution in [3.8, 4) is 0 Å². The third kappa shape index (κ3) is 3.63. The van der Waals surface area contributed by atoms with Gasteiger partial charge in [0.05, 0.1) is 6.04 Å². The number of nitrogens with one attached hydrogen (secondary N) is 2. The van der Waals surface area contributed by atoms with Gasteiger partial charge < -0.3 is 15.2 Å². The molecule has 4 nitrogen and oxygen atoms in total. The van der Waals surface area contributed by atoms with Crippen molar-refractivity contribution in [1.82, 2.24) is 9.88 Å². The summed E-state index contributed by atoms with van der Waals surface area (Å²) in [6.07, 6.45) is 5.68. The fourth-order valence-electron chi connectivity index (χ4n) is 6.08. The van der Waals surface area contributed by atoms with Crippen LogP contribution in [0, 0.1) is 5.92 Å². The molecule has 1 aliphatic carbocycles. The number of carbonyl (C=O) groups is 1. The Kier molecular flexibility index (Phi) is 5.03. The highest BCUT2D eigenvalue weighted by Gasteiger charge is 2.38. The first kappa shape index (κ1) is 22.0. The van der Waals surface area contributed by atoms with Crippen molar-refractivity contribution in [3.63, 3.8) is 0 Å². The van der Waals surface area contributed by atoms with Gasteiger partial charge in [-0.15, -0.1) is 0 Å². The average molecular weight is 464 g/mol. The highest BCUT2D eigenvalue weighted by atomic mass is 16.1. The first-order valence-electron chi connectivity index (χ1n) is 12.7. The number of hydrogen-bond donors (Lipinski definition) is 2. The van der Waals surface area contributed by atoms with Gasteiger partial charge in [0.2, 0.25) is 0 Å². The van der Waals surface area contributed by atoms with Crippen molar-refractivity contribution < 1.29 is 4.79 Å². The number of hydrogen-bond acceptors (Lipinski definition) is 2. The molecular weight excluding hydrogens is 430 g/mol. The Morgan fingerprint density at radius 1 is 1.03 bits per heavy atom. The summed E-state index contributed by atoms with van der Waals surface area (Å²) in [5, 5.41) is 9.59. The standard InChI is InChI=1S/C31H33N3O/c1-5-34-27-12-7-6-9-22(27)25-17-19(14-16-28(25)34)29-23-11-8-10-21(23)24-18-20(13-15-26(24)32-29)30(35)33-31(2,3)4/h6-10,12-18,21,23,29,32H,5,11H2,1-4H3,(H,33,35). The summed E-state index contributed by atoms with van der Waals surface area (Å²) < 4.78 is 2.40. The van der Waals surface area contributed by atoms with Crippen LogP contribution >= 0.6 is 0 Å². The van der Waals surface area contributed by atoms with E-state index in [0.717, 1.165) is 24.2 Å². The molecule has 178 valence electrons. The number of nitrogens with zero attached hydrogens (tertiary/aromatic N) is 1. The molecule has 3 aromatic carbocycles. The average Bonchev–Trinajstić information content (AvgIpc) is 3.45. The van der Waals surface area contributed by atoms with Crippen molar-refractivity contribution in [3.05, 3.63) is 89.5 Å². The van der Waals surface area contributed by atoms with Crippen molar-refractivity contribution in [1.29, 1.82) is 0 Å². The number of rotatable bonds is 3. The molecule has 2 N–H and O–H groups in total. The summed E-state index contributed by atoms with van der Waals surface area (Å²) in [7, 11) is 0. The van der Waals surface area contributed by atoms with Crippen LogP contribution in [0.1, 0.15) is 67.6 Å². The second-order valence-corrected chi connectivity index (χ2v) is 11.0. The lowest BCUT2D eigenvalue weighted by Gasteiger charge is -2.38. The van der Waals surface area contributed by atoms with Crippen molar-refractivity contribution >= 4 is 33.4 Å². The van der Waals surface area contributed by atoms with Crippen LogP contribution < -0.4 is 10.6 Å². The normalized spacial score (nSPS) is 21.1. The molecule has 2 heterocycles. The summed E-state index contributed by atoms with van der Waals surface area (Å²) in [6.45, 7) is 9.21. The van der Waals surface area contributed by atoms with E-state index in [0.29, 0.717) is 11.8 Å². The summed E-state index contributed by atoms with van der Waals surface area (Å²) in [5.74, 6) is 0.727. The van der Waals surface area contributed by atoms with Gasteiger partial charge in [0.1, 0.15) is 0 Å². The number of benzene rings is 3. The Balaban J connectivity index is 1.40. The maximum Gasteiger partial charge on any atom is 0.251 e. The topological polar surface area (TPSA) is 46.1 Å². The molecule has 35 heavy (non-hydrogen) atoms. The molecule has 0 saturated carbocycles. The summed E-state index contributed by atoms with van der Waals surface area (Å²) in [5.41, 5.74) is 6.75. The van der Waals surface area contributed by atoms with Crippen LogP contribution in [0.3, 0.4) is 0 Å². The second kappa shape index (κ2) is 8.01. The summed E-state index contributed by atoms with van der Waals surface area (Å²) in [6, 6.07) is 22.1. The Labute approximate surface area is 207 Å². The van der Waals surface area contributed by atoms with Crippen molar-refractivity contribution in [2.24, 2.45) is 5.92 Å². The molecule has 1 aliphatic heterocycles. The lowest BCUT2D eigenvalue weighted by molar-refractivity contribution is 0.0919. The number of aryl methyl sites for hydroxylation is 1. The van der Waals surface area contributed by atoms with E-state index in [1.165, 1.54) is 32.9 Å². The van der Waals surface area contributed by atoms with E-state index >= 15 is 0 Å². The monoisotopic (exact) mass is 463 g/mol. The Morgan fingerprint density at radius 2 is 1.83 bits per heavy atom. The van der Waals surface area contributed by atoms with Crippen LogP contribution in [-0.2, 0) is 6.54 Å². The minimum Gasteiger partial charge on any atom is -0.378 e. The fraction of sp³-hybridized carbons (Fsp3) is 0.323. The van der Waals surface area contributed by atoms with Crippen molar-refractivity contribution in [2.75, 3.05) is 5.32 Å². The van der Waals surface area contributed by atoms with Gasteiger partial charge in [0.15, 0.2) is 0 Å². The second-order valence-electron chi connectivity index (χ2n) is 11.0. The van der Waals surface area contributed by atoms with E-state index in [9.17, 15) is 4.79 Å². The van der Waals surface area contributed by atoms with Crippen LogP contribution in [0.15, 0.2) is 72.8 Å². The van der Waals surface area contributed by atoms with E-state index in [1.807, 2.05) is 26.8 Å². The molecule has 0 saturated heterocycles. The lowest BCUT2D eigenvalue weighted by Crippen LogP contribution is -2.40.